The fourth-order valence-electron chi connectivity index (χ4n) is 10.6. The largest absolute Gasteiger partial charge is 0.309 e. The minimum Gasteiger partial charge on any atom is -0.309 e. The molecule has 0 unspecified atom stereocenters. The highest BCUT2D eigenvalue weighted by Gasteiger charge is 2.19. The summed E-state index contributed by atoms with van der Waals surface area (Å²) in [6.45, 7) is 0. The summed E-state index contributed by atoms with van der Waals surface area (Å²) in [6.07, 6.45) is 0. The fraction of sp³-hybridized carbons (Fsp3) is 0. The summed E-state index contributed by atoms with van der Waals surface area (Å²) in [7, 11) is 0. The lowest BCUT2D eigenvalue weighted by atomic mass is 9.94. The van der Waals surface area contributed by atoms with Gasteiger partial charge in [-0.2, -0.15) is 0 Å². The molecule has 0 radical (unpaired) electrons. The van der Waals surface area contributed by atoms with Crippen LogP contribution >= 0.6 is 0 Å². The average Bonchev–Trinajstić information content (AvgIpc) is 3.93. The molecule has 3 aromatic heterocycles. The monoisotopic (exact) mass is 865 g/mol. The van der Waals surface area contributed by atoms with Gasteiger partial charge in [-0.3, -0.25) is 0 Å². The van der Waals surface area contributed by atoms with Crippen LogP contribution < -0.4 is 0 Å². The number of nitrogens with zero attached hydrogens (tertiary/aromatic N) is 5. The van der Waals surface area contributed by atoms with Gasteiger partial charge in [0.05, 0.1) is 22.1 Å². The summed E-state index contributed by atoms with van der Waals surface area (Å²) in [4.78, 5) is 15.0. The van der Waals surface area contributed by atoms with E-state index in [4.69, 9.17) is 15.0 Å². The Kier molecular flexibility index (Phi) is 8.52. The standard InChI is InChI=1S/C63H39N5/c1-3-16-40(17-4-1)61-64-62(41-18-5-2-6-19-41)66-63(65-61)44-20-15-21-45(36-44)67-58-29-14-12-27-53(58)56-37-42(31-35-59(56)67)43-30-33-54-52-26-11-13-28-57(52)68(60(54)38-43)46-32-34-51-49-24-8-7-22-47(49)48-23-9-10-25-50(48)55(51)39-46/h1-39H. The Morgan fingerprint density at radius 3 is 1.25 bits per heavy atom. The molecule has 0 N–H and O–H groups in total. The van der Waals surface area contributed by atoms with E-state index in [-0.39, 0.29) is 0 Å². The summed E-state index contributed by atoms with van der Waals surface area (Å²) in [5.41, 5.74) is 11.9. The number of hydrogen-bond acceptors (Lipinski definition) is 3. The molecule has 5 heteroatoms. The molecular formula is C63H39N5. The molecule has 0 aliphatic heterocycles. The molecule has 14 rings (SSSR count). The Balaban J connectivity index is 0.912. The second-order valence-electron chi connectivity index (χ2n) is 17.6. The Bertz CT molecular complexity index is 4230. The number of aromatic nitrogens is 5. The van der Waals surface area contributed by atoms with E-state index in [1.807, 2.05) is 60.7 Å². The van der Waals surface area contributed by atoms with Crippen LogP contribution in [0.4, 0.5) is 0 Å². The maximum absolute atomic E-state index is 5.06. The van der Waals surface area contributed by atoms with Gasteiger partial charge in [0.15, 0.2) is 17.5 Å². The first-order valence-electron chi connectivity index (χ1n) is 23.1. The van der Waals surface area contributed by atoms with Crippen molar-refractivity contribution in [2.75, 3.05) is 0 Å². The van der Waals surface area contributed by atoms with E-state index in [1.165, 1.54) is 64.9 Å². The summed E-state index contributed by atoms with van der Waals surface area (Å²) >= 11 is 0. The van der Waals surface area contributed by atoms with Crippen molar-refractivity contribution >= 4 is 75.9 Å². The summed E-state index contributed by atoms with van der Waals surface area (Å²) in [6, 6.07) is 84.8. The highest BCUT2D eigenvalue weighted by molar-refractivity contribution is 6.25. The third-order valence-corrected chi connectivity index (χ3v) is 13.7. The molecule has 5 nitrogen and oxygen atoms in total. The van der Waals surface area contributed by atoms with E-state index in [9.17, 15) is 0 Å². The first-order valence-corrected chi connectivity index (χ1v) is 23.1. The molecule has 3 heterocycles. The van der Waals surface area contributed by atoms with Crippen molar-refractivity contribution in [1.29, 1.82) is 0 Å². The molecule has 0 bridgehead atoms. The molecule has 316 valence electrons. The van der Waals surface area contributed by atoms with E-state index < -0.39 is 0 Å². The van der Waals surface area contributed by atoms with Crippen molar-refractivity contribution in [2.24, 2.45) is 0 Å². The summed E-state index contributed by atoms with van der Waals surface area (Å²) in [5, 5.41) is 12.5. The van der Waals surface area contributed by atoms with Gasteiger partial charge in [0.25, 0.3) is 0 Å². The second kappa shape index (κ2) is 15.2. The minimum absolute atomic E-state index is 0.626. The van der Waals surface area contributed by atoms with Gasteiger partial charge in [0.1, 0.15) is 0 Å². The van der Waals surface area contributed by atoms with Gasteiger partial charge < -0.3 is 9.13 Å². The van der Waals surface area contributed by atoms with E-state index in [0.717, 1.165) is 50.2 Å². The van der Waals surface area contributed by atoms with E-state index in [2.05, 4.69) is 185 Å². The number of benzene rings is 11. The van der Waals surface area contributed by atoms with Crippen molar-refractivity contribution < 1.29 is 0 Å². The van der Waals surface area contributed by atoms with Crippen LogP contribution in [-0.4, -0.2) is 24.1 Å². The molecule has 0 saturated heterocycles. The Hall–Kier alpha value is -9.19. The highest BCUT2D eigenvalue weighted by atomic mass is 15.0. The fourth-order valence-corrected chi connectivity index (χ4v) is 10.6. The summed E-state index contributed by atoms with van der Waals surface area (Å²) in [5.74, 6) is 1.91. The Morgan fingerprint density at radius 2 is 0.618 bits per heavy atom. The minimum atomic E-state index is 0.626. The molecule has 68 heavy (non-hydrogen) atoms. The van der Waals surface area contributed by atoms with Crippen molar-refractivity contribution in [1.82, 2.24) is 24.1 Å². The van der Waals surface area contributed by atoms with E-state index in [1.54, 1.807) is 0 Å². The Morgan fingerprint density at radius 1 is 0.206 bits per heavy atom. The SMILES string of the molecule is c1ccc(-c2nc(-c3ccccc3)nc(-c3cccc(-n4c5ccccc5c5cc(-c6ccc7c8ccccc8n(-c8ccc9c%10ccccc%10c%10ccccc%10c9c8)c7c6)ccc54)c3)n2)cc1. The second-order valence-corrected chi connectivity index (χ2v) is 17.6. The number of rotatable bonds is 6. The molecule has 0 saturated carbocycles. The van der Waals surface area contributed by atoms with Crippen LogP contribution in [-0.2, 0) is 0 Å². The van der Waals surface area contributed by atoms with Crippen LogP contribution in [0.5, 0.6) is 0 Å². The summed E-state index contributed by atoms with van der Waals surface area (Å²) < 4.78 is 4.82. The van der Waals surface area contributed by atoms with Crippen molar-refractivity contribution in [3.05, 3.63) is 237 Å². The molecule has 0 amide bonds. The zero-order chi connectivity index (χ0) is 44.7. The van der Waals surface area contributed by atoms with Crippen LogP contribution in [0.2, 0.25) is 0 Å². The normalized spacial score (nSPS) is 11.8. The van der Waals surface area contributed by atoms with Crippen LogP contribution in [0.25, 0.3) is 133 Å². The first kappa shape index (κ1) is 38.1. The molecular weight excluding hydrogens is 827 g/mol. The molecule has 14 aromatic rings. The zero-order valence-corrected chi connectivity index (χ0v) is 36.8. The van der Waals surface area contributed by atoms with Gasteiger partial charge in [-0.1, -0.05) is 182 Å². The number of para-hydroxylation sites is 2. The van der Waals surface area contributed by atoms with Gasteiger partial charge in [-0.15, -0.1) is 0 Å². The predicted octanol–water partition coefficient (Wildman–Crippen LogP) is 16.2. The zero-order valence-electron chi connectivity index (χ0n) is 36.8. The van der Waals surface area contributed by atoms with Crippen LogP contribution in [0.1, 0.15) is 0 Å². The average molecular weight is 866 g/mol. The van der Waals surface area contributed by atoms with Gasteiger partial charge in [-0.25, -0.2) is 15.0 Å². The lowest BCUT2D eigenvalue weighted by Gasteiger charge is -2.14. The third-order valence-electron chi connectivity index (χ3n) is 13.7. The van der Waals surface area contributed by atoms with Crippen molar-refractivity contribution in [3.63, 3.8) is 0 Å². The van der Waals surface area contributed by atoms with Crippen molar-refractivity contribution in [2.45, 2.75) is 0 Å². The van der Waals surface area contributed by atoms with Crippen LogP contribution in [0.3, 0.4) is 0 Å². The molecule has 0 spiro atoms. The van der Waals surface area contributed by atoms with Crippen LogP contribution in [0.15, 0.2) is 237 Å². The lowest BCUT2D eigenvalue weighted by molar-refractivity contribution is 1.07. The maximum atomic E-state index is 5.06. The molecule has 0 aliphatic rings. The maximum Gasteiger partial charge on any atom is 0.164 e. The number of hydrogen-bond donors (Lipinski definition) is 0. The quantitative estimate of drug-likeness (QED) is 0.156. The topological polar surface area (TPSA) is 48.5 Å². The molecule has 11 aromatic carbocycles. The third kappa shape index (κ3) is 5.99. The lowest BCUT2D eigenvalue weighted by Crippen LogP contribution is -2.01. The van der Waals surface area contributed by atoms with Crippen LogP contribution in [0, 0.1) is 0 Å². The highest BCUT2D eigenvalue weighted by Crippen LogP contribution is 2.41. The van der Waals surface area contributed by atoms with Gasteiger partial charge in [-0.05, 0) is 98.0 Å². The predicted molar refractivity (Wildman–Crippen MR) is 283 cm³/mol. The van der Waals surface area contributed by atoms with E-state index >= 15 is 0 Å². The smallest absolute Gasteiger partial charge is 0.164 e. The van der Waals surface area contributed by atoms with Gasteiger partial charge in [0.2, 0.25) is 0 Å². The molecule has 0 aliphatic carbocycles. The Labute approximate surface area is 391 Å². The molecule has 0 fully saturated rings. The molecule has 0 atom stereocenters. The van der Waals surface area contributed by atoms with Gasteiger partial charge in [0, 0.05) is 49.6 Å². The number of fused-ring (bicyclic) bond motifs is 12. The van der Waals surface area contributed by atoms with Gasteiger partial charge >= 0.3 is 0 Å². The van der Waals surface area contributed by atoms with E-state index in [0.29, 0.717) is 17.5 Å². The first-order chi connectivity index (χ1) is 33.7. The van der Waals surface area contributed by atoms with Crippen molar-refractivity contribution in [3.8, 4) is 56.7 Å².